The SMILES string of the molecule is C=CCNc1nc(C)cc(Nc2ccccc2Oc2ccccc2)n1. The molecule has 0 atom stereocenters. The average molecular weight is 332 g/mol. The highest BCUT2D eigenvalue weighted by atomic mass is 16.5. The number of benzene rings is 2. The molecule has 126 valence electrons. The molecule has 5 heteroatoms. The van der Waals surface area contributed by atoms with Crippen molar-refractivity contribution in [3.63, 3.8) is 0 Å². The summed E-state index contributed by atoms with van der Waals surface area (Å²) >= 11 is 0. The van der Waals surface area contributed by atoms with Crippen LogP contribution < -0.4 is 15.4 Å². The van der Waals surface area contributed by atoms with Gasteiger partial charge in [0.15, 0.2) is 5.75 Å². The Bertz CT molecular complexity index is 849. The molecule has 1 heterocycles. The van der Waals surface area contributed by atoms with Gasteiger partial charge in [-0.05, 0) is 31.2 Å². The van der Waals surface area contributed by atoms with Crippen LogP contribution in [0.5, 0.6) is 11.5 Å². The van der Waals surface area contributed by atoms with Gasteiger partial charge in [-0.3, -0.25) is 0 Å². The Hall–Kier alpha value is -3.34. The molecule has 5 nitrogen and oxygen atoms in total. The number of ether oxygens (including phenoxy) is 1. The second-order valence-corrected chi connectivity index (χ2v) is 5.42. The van der Waals surface area contributed by atoms with Crippen LogP contribution in [0.1, 0.15) is 5.69 Å². The number of aromatic nitrogens is 2. The van der Waals surface area contributed by atoms with E-state index in [4.69, 9.17) is 4.74 Å². The van der Waals surface area contributed by atoms with E-state index in [1.807, 2.05) is 67.6 Å². The Morgan fingerprint density at radius 1 is 1.04 bits per heavy atom. The van der Waals surface area contributed by atoms with Crippen molar-refractivity contribution in [3.05, 3.63) is 79.0 Å². The van der Waals surface area contributed by atoms with E-state index in [-0.39, 0.29) is 0 Å². The zero-order valence-electron chi connectivity index (χ0n) is 14.1. The zero-order valence-corrected chi connectivity index (χ0v) is 14.1. The van der Waals surface area contributed by atoms with E-state index in [1.54, 1.807) is 6.08 Å². The van der Waals surface area contributed by atoms with Gasteiger partial charge in [0.25, 0.3) is 0 Å². The summed E-state index contributed by atoms with van der Waals surface area (Å²) < 4.78 is 5.97. The van der Waals surface area contributed by atoms with Crippen molar-refractivity contribution in [3.8, 4) is 11.5 Å². The molecule has 3 aromatic rings. The van der Waals surface area contributed by atoms with E-state index in [2.05, 4.69) is 27.2 Å². The molecule has 0 fully saturated rings. The lowest BCUT2D eigenvalue weighted by Gasteiger charge is -2.13. The molecule has 0 radical (unpaired) electrons. The molecule has 0 aliphatic heterocycles. The summed E-state index contributed by atoms with van der Waals surface area (Å²) in [4.78, 5) is 8.84. The minimum absolute atomic E-state index is 0.559. The van der Waals surface area contributed by atoms with Gasteiger partial charge in [-0.1, -0.05) is 36.4 Å². The molecule has 1 aromatic heterocycles. The second-order valence-electron chi connectivity index (χ2n) is 5.42. The maximum Gasteiger partial charge on any atom is 0.225 e. The molecule has 0 bridgehead atoms. The summed E-state index contributed by atoms with van der Waals surface area (Å²) in [5.74, 6) is 2.77. The van der Waals surface area contributed by atoms with Crippen LogP contribution in [-0.4, -0.2) is 16.5 Å². The van der Waals surface area contributed by atoms with Gasteiger partial charge < -0.3 is 15.4 Å². The first-order valence-electron chi connectivity index (χ1n) is 8.04. The monoisotopic (exact) mass is 332 g/mol. The van der Waals surface area contributed by atoms with Gasteiger partial charge >= 0.3 is 0 Å². The maximum atomic E-state index is 5.97. The smallest absolute Gasteiger partial charge is 0.225 e. The zero-order chi connectivity index (χ0) is 17.5. The van der Waals surface area contributed by atoms with Gasteiger partial charge in [-0.25, -0.2) is 4.98 Å². The average Bonchev–Trinajstić information content (AvgIpc) is 2.62. The van der Waals surface area contributed by atoms with E-state index in [0.717, 1.165) is 22.9 Å². The molecule has 3 rings (SSSR count). The molecule has 0 amide bonds. The van der Waals surface area contributed by atoms with E-state index in [9.17, 15) is 0 Å². The molecule has 0 aliphatic carbocycles. The van der Waals surface area contributed by atoms with Crippen molar-refractivity contribution < 1.29 is 4.74 Å². The third-order valence-corrected chi connectivity index (χ3v) is 3.38. The van der Waals surface area contributed by atoms with Crippen LogP contribution in [0, 0.1) is 6.92 Å². The first-order valence-corrected chi connectivity index (χ1v) is 8.04. The third kappa shape index (κ3) is 4.57. The topological polar surface area (TPSA) is 59.1 Å². The van der Waals surface area contributed by atoms with Gasteiger partial charge in [0, 0.05) is 18.3 Å². The Morgan fingerprint density at radius 2 is 1.80 bits per heavy atom. The van der Waals surface area contributed by atoms with Crippen LogP contribution >= 0.6 is 0 Å². The lowest BCUT2D eigenvalue weighted by atomic mass is 10.2. The van der Waals surface area contributed by atoms with Crippen LogP contribution in [0.4, 0.5) is 17.5 Å². The molecule has 0 aliphatic rings. The van der Waals surface area contributed by atoms with Gasteiger partial charge in [0.1, 0.15) is 11.6 Å². The summed E-state index contributed by atoms with van der Waals surface area (Å²) in [6, 6.07) is 19.3. The fourth-order valence-electron chi connectivity index (χ4n) is 2.29. The summed E-state index contributed by atoms with van der Waals surface area (Å²) in [5.41, 5.74) is 1.70. The van der Waals surface area contributed by atoms with Crippen molar-refractivity contribution in [2.45, 2.75) is 6.92 Å². The van der Waals surface area contributed by atoms with Gasteiger partial charge in [-0.2, -0.15) is 4.98 Å². The molecule has 2 aromatic carbocycles. The first-order chi connectivity index (χ1) is 12.2. The molecule has 0 saturated heterocycles. The van der Waals surface area contributed by atoms with Crippen molar-refractivity contribution in [1.82, 2.24) is 9.97 Å². The van der Waals surface area contributed by atoms with Crippen LogP contribution in [0.15, 0.2) is 73.3 Å². The largest absolute Gasteiger partial charge is 0.455 e. The number of anilines is 3. The molecule has 0 spiro atoms. The Balaban J connectivity index is 1.83. The first kappa shape index (κ1) is 16.5. The summed E-state index contributed by atoms with van der Waals surface area (Å²) in [6.45, 7) is 6.23. The maximum absolute atomic E-state index is 5.97. The Labute approximate surface area is 147 Å². The highest BCUT2D eigenvalue weighted by Gasteiger charge is 2.07. The normalized spacial score (nSPS) is 10.1. The van der Waals surface area contributed by atoms with Crippen molar-refractivity contribution in [1.29, 1.82) is 0 Å². The Morgan fingerprint density at radius 3 is 2.60 bits per heavy atom. The summed E-state index contributed by atoms with van der Waals surface area (Å²) in [6.07, 6.45) is 1.77. The van der Waals surface area contributed by atoms with E-state index < -0.39 is 0 Å². The predicted molar refractivity (Wildman–Crippen MR) is 102 cm³/mol. The number of hydrogen-bond donors (Lipinski definition) is 2. The van der Waals surface area contributed by atoms with Crippen LogP contribution in [0.2, 0.25) is 0 Å². The lowest BCUT2D eigenvalue weighted by Crippen LogP contribution is -2.06. The van der Waals surface area contributed by atoms with Crippen LogP contribution in [-0.2, 0) is 0 Å². The molecule has 2 N–H and O–H groups in total. The van der Waals surface area contributed by atoms with Crippen LogP contribution in [0.25, 0.3) is 0 Å². The minimum Gasteiger partial charge on any atom is -0.455 e. The standard InChI is InChI=1S/C20H20N4O/c1-3-13-21-20-22-15(2)14-19(24-20)23-17-11-7-8-12-18(17)25-16-9-5-4-6-10-16/h3-12,14H,1,13H2,2H3,(H2,21,22,23,24). The highest BCUT2D eigenvalue weighted by molar-refractivity contribution is 5.65. The number of para-hydroxylation sites is 3. The van der Waals surface area contributed by atoms with Gasteiger partial charge in [0.05, 0.1) is 5.69 Å². The van der Waals surface area contributed by atoms with Crippen molar-refractivity contribution >= 4 is 17.5 Å². The second kappa shape index (κ2) is 7.97. The number of rotatable bonds is 7. The van der Waals surface area contributed by atoms with E-state index in [0.29, 0.717) is 18.3 Å². The number of nitrogens with zero attached hydrogens (tertiary/aromatic N) is 2. The van der Waals surface area contributed by atoms with Crippen LogP contribution in [0.3, 0.4) is 0 Å². The lowest BCUT2D eigenvalue weighted by molar-refractivity contribution is 0.485. The number of hydrogen-bond acceptors (Lipinski definition) is 5. The number of aryl methyl sites for hydroxylation is 1. The van der Waals surface area contributed by atoms with E-state index in [1.165, 1.54) is 0 Å². The van der Waals surface area contributed by atoms with E-state index >= 15 is 0 Å². The Kier molecular flexibility index (Phi) is 5.26. The minimum atomic E-state index is 0.559. The molecule has 0 saturated carbocycles. The third-order valence-electron chi connectivity index (χ3n) is 3.38. The van der Waals surface area contributed by atoms with Crippen molar-refractivity contribution in [2.75, 3.05) is 17.2 Å². The highest BCUT2D eigenvalue weighted by Crippen LogP contribution is 2.31. The molecular weight excluding hydrogens is 312 g/mol. The summed E-state index contributed by atoms with van der Waals surface area (Å²) in [5, 5.41) is 6.41. The summed E-state index contributed by atoms with van der Waals surface area (Å²) in [7, 11) is 0. The quantitative estimate of drug-likeness (QED) is 0.601. The molecule has 0 unspecified atom stereocenters. The molecular formula is C20H20N4O. The fraction of sp³-hybridized carbons (Fsp3) is 0.100. The molecule has 25 heavy (non-hydrogen) atoms. The van der Waals surface area contributed by atoms with Gasteiger partial charge in [0.2, 0.25) is 5.95 Å². The fourth-order valence-corrected chi connectivity index (χ4v) is 2.29. The number of nitrogens with one attached hydrogen (secondary N) is 2. The van der Waals surface area contributed by atoms with Crippen molar-refractivity contribution in [2.24, 2.45) is 0 Å². The van der Waals surface area contributed by atoms with Gasteiger partial charge in [-0.15, -0.1) is 6.58 Å². The predicted octanol–water partition coefficient (Wildman–Crippen LogP) is 4.92.